The van der Waals surface area contributed by atoms with Crippen LogP contribution >= 0.6 is 12.2 Å². The van der Waals surface area contributed by atoms with E-state index in [1.807, 2.05) is 0 Å². The van der Waals surface area contributed by atoms with Gasteiger partial charge in [-0.05, 0) is 81.3 Å². The Kier molecular flexibility index (Phi) is 3.06. The highest BCUT2D eigenvalue weighted by atomic mass is 32.1. The Hall–Kier alpha value is -0.680. The van der Waals surface area contributed by atoms with Crippen LogP contribution in [0.4, 0.5) is 0 Å². The Morgan fingerprint density at radius 2 is 1.86 bits per heavy atom. The van der Waals surface area contributed by atoms with Gasteiger partial charge in [-0.1, -0.05) is 0 Å². The first kappa shape index (κ1) is 13.7. The number of aromatic nitrogens is 3. The molecule has 0 radical (unpaired) electrons. The summed E-state index contributed by atoms with van der Waals surface area (Å²) in [5.74, 6) is 4.07. The highest BCUT2D eigenvalue weighted by Crippen LogP contribution is 2.60. The van der Waals surface area contributed by atoms with Crippen molar-refractivity contribution in [1.29, 1.82) is 0 Å². The fraction of sp³-hybridized carbons (Fsp3) is 0.882. The first-order valence-electron chi connectivity index (χ1n) is 8.99. The van der Waals surface area contributed by atoms with E-state index in [1.54, 1.807) is 0 Å². The molecule has 1 aliphatic heterocycles. The zero-order chi connectivity index (χ0) is 14.7. The number of rotatable bonds is 3. The molecule has 5 heteroatoms. The SMILES string of the molecule is S=c1[nH]nc(C23CC4CC(CC(C4)C2)C3)n1C[C@H]1CCCO1. The molecule has 1 atom stereocenters. The van der Waals surface area contributed by atoms with Crippen LogP contribution in [0.1, 0.15) is 57.2 Å². The number of ether oxygens (including phenoxy) is 1. The van der Waals surface area contributed by atoms with Crippen molar-refractivity contribution < 1.29 is 4.74 Å². The molecule has 4 saturated carbocycles. The third-order valence-corrected chi connectivity index (χ3v) is 6.99. The monoisotopic (exact) mass is 319 g/mol. The van der Waals surface area contributed by atoms with Crippen molar-refractivity contribution in [2.24, 2.45) is 17.8 Å². The standard InChI is InChI=1S/C17H25N3OS/c22-16-19-18-15(20(16)10-14-2-1-3-21-14)17-7-11-4-12(8-17)6-13(5-11)9-17/h11-14H,1-10H2,(H,19,22)/t11?,12?,13?,14-,17?/m1/s1. The van der Waals surface area contributed by atoms with Crippen molar-refractivity contribution >= 4 is 12.2 Å². The fourth-order valence-electron chi connectivity index (χ4n) is 6.27. The van der Waals surface area contributed by atoms with Crippen LogP contribution in [0.25, 0.3) is 0 Å². The summed E-state index contributed by atoms with van der Waals surface area (Å²) in [7, 11) is 0. The number of nitrogens with one attached hydrogen (secondary N) is 1. The Balaban J connectivity index is 1.51. The minimum Gasteiger partial charge on any atom is -0.376 e. The molecule has 0 aromatic carbocycles. The van der Waals surface area contributed by atoms with E-state index in [4.69, 9.17) is 22.1 Å². The summed E-state index contributed by atoms with van der Waals surface area (Å²) >= 11 is 5.55. The first-order valence-corrected chi connectivity index (χ1v) is 9.40. The number of H-pyrrole nitrogens is 1. The average molecular weight is 319 g/mol. The summed E-state index contributed by atoms with van der Waals surface area (Å²) in [6.45, 7) is 1.80. The van der Waals surface area contributed by atoms with Gasteiger partial charge in [0.15, 0.2) is 4.77 Å². The van der Waals surface area contributed by atoms with E-state index in [1.165, 1.54) is 50.8 Å². The molecule has 22 heavy (non-hydrogen) atoms. The molecule has 1 saturated heterocycles. The van der Waals surface area contributed by atoms with Crippen molar-refractivity contribution in [2.75, 3.05) is 6.61 Å². The van der Waals surface area contributed by atoms with Gasteiger partial charge in [0.05, 0.1) is 12.6 Å². The smallest absolute Gasteiger partial charge is 0.195 e. The summed E-state index contributed by atoms with van der Waals surface area (Å²) in [5, 5.41) is 7.83. The van der Waals surface area contributed by atoms with Crippen LogP contribution in [0, 0.1) is 22.5 Å². The van der Waals surface area contributed by atoms with E-state index in [0.29, 0.717) is 11.5 Å². The van der Waals surface area contributed by atoms with Crippen molar-refractivity contribution in [1.82, 2.24) is 14.8 Å². The molecule has 1 aromatic rings. The maximum Gasteiger partial charge on any atom is 0.195 e. The third kappa shape index (κ3) is 2.04. The molecular weight excluding hydrogens is 294 g/mol. The van der Waals surface area contributed by atoms with Crippen LogP contribution in [0.2, 0.25) is 0 Å². The second kappa shape index (κ2) is 4.91. The highest BCUT2D eigenvalue weighted by molar-refractivity contribution is 7.71. The van der Waals surface area contributed by atoms with Crippen LogP contribution in [-0.2, 0) is 16.7 Å². The van der Waals surface area contributed by atoms with E-state index in [0.717, 1.165) is 42.1 Å². The van der Waals surface area contributed by atoms with Crippen LogP contribution in [0.3, 0.4) is 0 Å². The summed E-state index contributed by atoms with van der Waals surface area (Å²) in [4.78, 5) is 0. The topological polar surface area (TPSA) is 42.8 Å². The number of aromatic amines is 1. The van der Waals surface area contributed by atoms with Crippen LogP contribution in [-0.4, -0.2) is 27.5 Å². The van der Waals surface area contributed by atoms with E-state index in [-0.39, 0.29) is 0 Å². The molecule has 4 aliphatic carbocycles. The molecule has 1 aromatic heterocycles. The van der Waals surface area contributed by atoms with Gasteiger partial charge >= 0.3 is 0 Å². The maximum atomic E-state index is 5.85. The van der Waals surface area contributed by atoms with Crippen molar-refractivity contribution in [3.05, 3.63) is 10.6 Å². The summed E-state index contributed by atoms with van der Waals surface area (Å²) < 4.78 is 8.93. The van der Waals surface area contributed by atoms with E-state index < -0.39 is 0 Å². The minimum absolute atomic E-state index is 0.306. The molecule has 5 fully saturated rings. The van der Waals surface area contributed by atoms with Gasteiger partial charge in [-0.2, -0.15) is 5.10 Å². The van der Waals surface area contributed by atoms with Gasteiger partial charge in [0, 0.05) is 12.0 Å². The van der Waals surface area contributed by atoms with Crippen LogP contribution < -0.4 is 0 Å². The minimum atomic E-state index is 0.306. The molecule has 5 aliphatic rings. The largest absolute Gasteiger partial charge is 0.376 e. The van der Waals surface area contributed by atoms with Gasteiger partial charge < -0.3 is 9.30 Å². The lowest BCUT2D eigenvalue weighted by molar-refractivity contribution is -0.0123. The zero-order valence-corrected chi connectivity index (χ0v) is 13.9. The molecule has 4 bridgehead atoms. The fourth-order valence-corrected chi connectivity index (χ4v) is 6.48. The normalized spacial score (nSPS) is 43.1. The van der Waals surface area contributed by atoms with E-state index in [2.05, 4.69) is 9.67 Å². The highest BCUT2D eigenvalue weighted by Gasteiger charge is 2.53. The zero-order valence-electron chi connectivity index (χ0n) is 13.1. The summed E-state index contributed by atoms with van der Waals surface area (Å²) in [6.07, 6.45) is 11.1. The number of hydrogen-bond donors (Lipinski definition) is 1. The van der Waals surface area contributed by atoms with Crippen molar-refractivity contribution in [2.45, 2.75) is 69.4 Å². The molecule has 0 amide bonds. The van der Waals surface area contributed by atoms with Crippen LogP contribution in [0.5, 0.6) is 0 Å². The molecule has 1 N–H and O–H groups in total. The number of nitrogens with zero attached hydrogens (tertiary/aromatic N) is 2. The molecule has 0 spiro atoms. The second-order valence-electron chi connectivity index (χ2n) is 8.30. The first-order chi connectivity index (χ1) is 10.7. The van der Waals surface area contributed by atoms with Crippen LogP contribution in [0.15, 0.2) is 0 Å². The quantitative estimate of drug-likeness (QED) is 0.866. The van der Waals surface area contributed by atoms with Gasteiger partial charge in [0.2, 0.25) is 0 Å². The molecular formula is C17H25N3OS. The molecule has 120 valence electrons. The summed E-state index contributed by atoms with van der Waals surface area (Å²) in [6, 6.07) is 0. The Bertz CT molecular complexity index is 593. The Morgan fingerprint density at radius 1 is 1.18 bits per heavy atom. The molecule has 0 unspecified atom stereocenters. The van der Waals surface area contributed by atoms with E-state index in [9.17, 15) is 0 Å². The summed E-state index contributed by atoms with van der Waals surface area (Å²) in [5.41, 5.74) is 0.306. The van der Waals surface area contributed by atoms with Crippen molar-refractivity contribution in [3.63, 3.8) is 0 Å². The third-order valence-electron chi connectivity index (χ3n) is 6.68. The lowest BCUT2D eigenvalue weighted by atomic mass is 9.49. The van der Waals surface area contributed by atoms with E-state index >= 15 is 0 Å². The number of hydrogen-bond acceptors (Lipinski definition) is 3. The second-order valence-corrected chi connectivity index (χ2v) is 8.68. The predicted molar refractivity (Wildman–Crippen MR) is 86.2 cm³/mol. The lowest BCUT2D eigenvalue weighted by Gasteiger charge is -2.56. The Labute approximate surface area is 136 Å². The average Bonchev–Trinajstić information content (AvgIpc) is 3.09. The van der Waals surface area contributed by atoms with Gasteiger partial charge in [-0.15, -0.1) is 0 Å². The van der Waals surface area contributed by atoms with Crippen molar-refractivity contribution in [3.8, 4) is 0 Å². The molecule has 6 rings (SSSR count). The lowest BCUT2D eigenvalue weighted by Crippen LogP contribution is -2.50. The van der Waals surface area contributed by atoms with Gasteiger partial charge in [0.25, 0.3) is 0 Å². The van der Waals surface area contributed by atoms with Gasteiger partial charge in [-0.3, -0.25) is 5.10 Å². The predicted octanol–water partition coefficient (Wildman–Crippen LogP) is 3.59. The van der Waals surface area contributed by atoms with Gasteiger partial charge in [0.1, 0.15) is 5.82 Å². The molecule has 4 nitrogen and oxygen atoms in total. The maximum absolute atomic E-state index is 5.85. The van der Waals surface area contributed by atoms with Gasteiger partial charge in [-0.25, -0.2) is 0 Å². The Morgan fingerprint density at radius 3 is 2.45 bits per heavy atom. The molecule has 2 heterocycles.